The zero-order valence-electron chi connectivity index (χ0n) is 23.0. The summed E-state index contributed by atoms with van der Waals surface area (Å²) in [4.78, 5) is 58.9. The van der Waals surface area contributed by atoms with Crippen molar-refractivity contribution < 1.29 is 14.3 Å². The van der Waals surface area contributed by atoms with Crippen LogP contribution in [0.4, 0.5) is 10.7 Å². The molecule has 3 aromatic rings. The van der Waals surface area contributed by atoms with Gasteiger partial charge in [0, 0.05) is 31.7 Å². The van der Waals surface area contributed by atoms with E-state index >= 15 is 0 Å². The number of nitrogens with one attached hydrogen (secondary N) is 1. The largest absolute Gasteiger partial charge is 0.444 e. The Labute approximate surface area is 226 Å². The SMILES string of the molecule is CC#CCn1c(N2CCC[C@@H](NC(=O)OC(C)(C)C)C2)nc2c(=O)n(C)n(CC(=O)c3ccccc3)c(=O)c21. The number of imidazole rings is 1. The molecule has 1 aromatic carbocycles. The minimum atomic E-state index is -0.618. The van der Waals surface area contributed by atoms with Crippen LogP contribution in [0, 0.1) is 11.8 Å². The molecule has 11 heteroatoms. The number of rotatable bonds is 6. The lowest BCUT2D eigenvalue weighted by molar-refractivity contribution is 0.0499. The Morgan fingerprint density at radius 3 is 2.54 bits per heavy atom. The van der Waals surface area contributed by atoms with Gasteiger partial charge >= 0.3 is 6.09 Å². The van der Waals surface area contributed by atoms with Gasteiger partial charge < -0.3 is 15.0 Å². The fourth-order valence-corrected chi connectivity index (χ4v) is 4.66. The molecule has 2 aromatic heterocycles. The van der Waals surface area contributed by atoms with Crippen molar-refractivity contribution in [3.63, 3.8) is 0 Å². The maximum Gasteiger partial charge on any atom is 0.407 e. The molecule has 1 N–H and O–H groups in total. The van der Waals surface area contributed by atoms with E-state index < -0.39 is 22.8 Å². The van der Waals surface area contributed by atoms with Crippen LogP contribution in [-0.4, -0.2) is 55.5 Å². The van der Waals surface area contributed by atoms with Crippen LogP contribution < -0.4 is 21.3 Å². The van der Waals surface area contributed by atoms with Crippen molar-refractivity contribution in [2.24, 2.45) is 7.05 Å². The Kier molecular flexibility index (Phi) is 7.95. The fraction of sp³-hybridized carbons (Fsp3) is 0.464. The molecule has 206 valence electrons. The average molecular weight is 535 g/mol. The highest BCUT2D eigenvalue weighted by Crippen LogP contribution is 2.23. The number of alkyl carbamates (subject to hydrolysis) is 1. The van der Waals surface area contributed by atoms with E-state index in [4.69, 9.17) is 4.74 Å². The van der Waals surface area contributed by atoms with Crippen molar-refractivity contribution in [2.75, 3.05) is 18.0 Å². The summed E-state index contributed by atoms with van der Waals surface area (Å²) in [6.07, 6.45) is 1.01. The molecular formula is C28H34N6O5. The summed E-state index contributed by atoms with van der Waals surface area (Å²) in [6, 6.07) is 8.41. The number of ketones is 1. The molecule has 1 atom stereocenters. The number of hydrogen-bond donors (Lipinski definition) is 1. The molecule has 0 saturated carbocycles. The van der Waals surface area contributed by atoms with E-state index in [1.807, 2.05) is 4.90 Å². The quantitative estimate of drug-likeness (QED) is 0.381. The van der Waals surface area contributed by atoms with Gasteiger partial charge in [0.15, 0.2) is 11.3 Å². The highest BCUT2D eigenvalue weighted by atomic mass is 16.6. The molecule has 1 aliphatic rings. The second-order valence-corrected chi connectivity index (χ2v) is 10.5. The number of carbonyl (C=O) groups is 2. The summed E-state index contributed by atoms with van der Waals surface area (Å²) < 4.78 is 9.32. The topological polar surface area (TPSA) is 120 Å². The maximum atomic E-state index is 13.7. The van der Waals surface area contributed by atoms with Gasteiger partial charge in [-0.2, -0.15) is 0 Å². The standard InChI is InChI=1S/C28H34N6O5/c1-6-7-16-33-23-22(24(36)31(5)34(25(23)37)18-21(35)19-12-9-8-10-13-19)30-26(33)32-15-11-14-20(17-32)29-27(38)39-28(2,3)4/h8-10,12-13,20H,11,14-18H2,1-5H3,(H,29,38)/t20-/m1/s1. The first-order chi connectivity index (χ1) is 18.5. The zero-order chi connectivity index (χ0) is 28.3. The van der Waals surface area contributed by atoms with Crippen molar-refractivity contribution >= 4 is 28.9 Å². The van der Waals surface area contributed by atoms with Crippen molar-refractivity contribution in [1.82, 2.24) is 24.2 Å². The van der Waals surface area contributed by atoms with Crippen molar-refractivity contribution in [3.05, 3.63) is 56.6 Å². The number of anilines is 1. The molecule has 1 fully saturated rings. The van der Waals surface area contributed by atoms with Crippen LogP contribution in [0.25, 0.3) is 11.0 Å². The van der Waals surface area contributed by atoms with E-state index in [2.05, 4.69) is 22.1 Å². The minimum absolute atomic E-state index is 0.0149. The summed E-state index contributed by atoms with van der Waals surface area (Å²) in [6.45, 7) is 7.98. The predicted octanol–water partition coefficient (Wildman–Crippen LogP) is 2.30. The van der Waals surface area contributed by atoms with E-state index in [1.165, 1.54) is 7.05 Å². The van der Waals surface area contributed by atoms with Crippen LogP contribution in [0.5, 0.6) is 0 Å². The lowest BCUT2D eigenvalue weighted by atomic mass is 10.1. The van der Waals surface area contributed by atoms with E-state index in [-0.39, 0.29) is 35.9 Å². The third-order valence-corrected chi connectivity index (χ3v) is 6.47. The maximum absolute atomic E-state index is 13.7. The van der Waals surface area contributed by atoms with Gasteiger partial charge in [0.25, 0.3) is 11.1 Å². The lowest BCUT2D eigenvalue weighted by Crippen LogP contribution is -2.49. The third kappa shape index (κ3) is 6.06. The molecule has 39 heavy (non-hydrogen) atoms. The predicted molar refractivity (Wildman–Crippen MR) is 148 cm³/mol. The molecule has 0 bridgehead atoms. The summed E-state index contributed by atoms with van der Waals surface area (Å²) in [5, 5.41) is 2.91. The number of benzene rings is 1. The average Bonchev–Trinajstić information content (AvgIpc) is 3.28. The van der Waals surface area contributed by atoms with Crippen molar-refractivity contribution in [2.45, 2.75) is 65.3 Å². The molecule has 0 radical (unpaired) electrons. The lowest BCUT2D eigenvalue weighted by Gasteiger charge is -2.34. The normalized spacial score (nSPS) is 15.5. The van der Waals surface area contributed by atoms with E-state index in [9.17, 15) is 19.2 Å². The molecule has 11 nitrogen and oxygen atoms in total. The van der Waals surface area contributed by atoms with Gasteiger partial charge in [0.05, 0.1) is 6.54 Å². The monoisotopic (exact) mass is 534 g/mol. The number of piperidine rings is 1. The van der Waals surface area contributed by atoms with E-state index in [1.54, 1.807) is 62.6 Å². The first-order valence-electron chi connectivity index (χ1n) is 12.9. The van der Waals surface area contributed by atoms with Gasteiger partial charge in [-0.25, -0.2) is 19.1 Å². The first kappa shape index (κ1) is 27.7. The molecule has 0 unspecified atom stereocenters. The minimum Gasteiger partial charge on any atom is -0.444 e. The van der Waals surface area contributed by atoms with Crippen LogP contribution in [0.1, 0.15) is 50.9 Å². The van der Waals surface area contributed by atoms with Gasteiger partial charge in [-0.15, -0.1) is 5.92 Å². The van der Waals surface area contributed by atoms with E-state index in [0.717, 1.165) is 22.2 Å². The number of fused-ring (bicyclic) bond motifs is 1. The Hall–Kier alpha value is -4.33. The number of aromatic nitrogens is 4. The molecule has 4 rings (SSSR count). The molecule has 1 saturated heterocycles. The second-order valence-electron chi connectivity index (χ2n) is 10.5. The summed E-state index contributed by atoms with van der Waals surface area (Å²) >= 11 is 0. The smallest absolute Gasteiger partial charge is 0.407 e. The first-order valence-corrected chi connectivity index (χ1v) is 12.9. The van der Waals surface area contributed by atoms with E-state index in [0.29, 0.717) is 24.6 Å². The molecule has 0 spiro atoms. The molecule has 3 heterocycles. The molecule has 0 aliphatic carbocycles. The number of amides is 1. The highest BCUT2D eigenvalue weighted by molar-refractivity contribution is 5.95. The fourth-order valence-electron chi connectivity index (χ4n) is 4.66. The van der Waals surface area contributed by atoms with Crippen molar-refractivity contribution in [1.29, 1.82) is 0 Å². The number of ether oxygens (including phenoxy) is 1. The number of nitrogens with zero attached hydrogens (tertiary/aromatic N) is 5. The van der Waals surface area contributed by atoms with Gasteiger partial charge in [-0.05, 0) is 40.5 Å². The van der Waals surface area contributed by atoms with Crippen LogP contribution in [-0.2, 0) is 24.9 Å². The third-order valence-electron chi connectivity index (χ3n) is 6.47. The Balaban J connectivity index is 1.74. The zero-order valence-corrected chi connectivity index (χ0v) is 23.0. The Bertz CT molecular complexity index is 1570. The van der Waals surface area contributed by atoms with Crippen LogP contribution in [0.3, 0.4) is 0 Å². The van der Waals surface area contributed by atoms with Crippen LogP contribution in [0.15, 0.2) is 39.9 Å². The van der Waals surface area contributed by atoms with Gasteiger partial charge in [-0.1, -0.05) is 36.3 Å². The van der Waals surface area contributed by atoms with Gasteiger partial charge in [0.2, 0.25) is 5.95 Å². The molecule has 1 aliphatic heterocycles. The van der Waals surface area contributed by atoms with Crippen LogP contribution in [0.2, 0.25) is 0 Å². The van der Waals surface area contributed by atoms with Gasteiger partial charge in [-0.3, -0.25) is 19.0 Å². The summed E-state index contributed by atoms with van der Waals surface area (Å²) in [5.74, 6) is 5.93. The summed E-state index contributed by atoms with van der Waals surface area (Å²) in [5.41, 5.74) is -1.06. The molecule has 1 amide bonds. The van der Waals surface area contributed by atoms with Crippen molar-refractivity contribution in [3.8, 4) is 11.8 Å². The summed E-state index contributed by atoms with van der Waals surface area (Å²) in [7, 11) is 1.45. The Morgan fingerprint density at radius 1 is 1.15 bits per heavy atom. The highest BCUT2D eigenvalue weighted by Gasteiger charge is 2.29. The number of Topliss-reactive ketones (excluding diaryl/α,β-unsaturated/α-hetero) is 1. The Morgan fingerprint density at radius 2 is 1.87 bits per heavy atom. The van der Waals surface area contributed by atoms with Gasteiger partial charge in [0.1, 0.15) is 17.7 Å². The molecular weight excluding hydrogens is 500 g/mol. The van der Waals surface area contributed by atoms with Crippen LogP contribution >= 0.6 is 0 Å². The number of hydrogen-bond acceptors (Lipinski definition) is 7. The second kappa shape index (κ2) is 11.2. The number of carbonyl (C=O) groups excluding carboxylic acids is 2.